The Morgan fingerprint density at radius 3 is 1.42 bits per heavy atom. The monoisotopic (exact) mass is 880 g/mol. The fourth-order valence-electron chi connectivity index (χ4n) is 10.6. The van der Waals surface area contributed by atoms with Crippen LogP contribution in [0.4, 0.5) is 0 Å². The van der Waals surface area contributed by atoms with Gasteiger partial charge in [-0.05, 0) is 65.2 Å². The van der Waals surface area contributed by atoms with E-state index in [1.165, 1.54) is 16.2 Å². The number of rotatable bonds is 7. The van der Waals surface area contributed by atoms with Gasteiger partial charge in [-0.25, -0.2) is 4.98 Å². The smallest absolute Gasteiger partial charge is 0.238 e. The molecule has 0 bridgehead atoms. The highest BCUT2D eigenvalue weighted by Crippen LogP contribution is 2.44. The van der Waals surface area contributed by atoms with Crippen molar-refractivity contribution in [3.8, 4) is 62.4 Å². The third kappa shape index (κ3) is 6.16. The zero-order valence-corrected chi connectivity index (χ0v) is 37.3. The van der Waals surface area contributed by atoms with Crippen LogP contribution in [0.3, 0.4) is 0 Å². The molecule has 10 aromatic carbocycles. The molecule has 14 rings (SSSR count). The Labute approximate surface area is 397 Å². The number of hydrogen-bond donors (Lipinski definition) is 0. The SMILES string of the molecule is c1ccc(-c2cccc(-c3nc(-c4ccccc4)nc(-n4c5ccc(-n6c7ccccc7c7ccccc76)cc5c5ccc6c7ccccc7n(-c7ccccc7-c7ccccc7)c6c54)n3)c2)cc1. The van der Waals surface area contributed by atoms with Crippen molar-refractivity contribution in [2.24, 2.45) is 0 Å². The maximum absolute atomic E-state index is 5.52. The number of aromatic nitrogens is 6. The first-order valence-corrected chi connectivity index (χ1v) is 23.4. The summed E-state index contributed by atoms with van der Waals surface area (Å²) in [6.45, 7) is 0. The van der Waals surface area contributed by atoms with E-state index in [0.29, 0.717) is 17.6 Å². The molecule has 6 heteroatoms. The number of nitrogens with zero attached hydrogens (tertiary/aromatic N) is 6. The largest absolute Gasteiger partial charge is 0.309 e. The molecule has 0 amide bonds. The Kier molecular flexibility index (Phi) is 8.79. The van der Waals surface area contributed by atoms with Gasteiger partial charge in [-0.1, -0.05) is 194 Å². The Balaban J connectivity index is 1.13. The minimum Gasteiger partial charge on any atom is -0.309 e. The van der Waals surface area contributed by atoms with Gasteiger partial charge >= 0.3 is 0 Å². The van der Waals surface area contributed by atoms with Crippen LogP contribution in [0.25, 0.3) is 128 Å². The van der Waals surface area contributed by atoms with Crippen molar-refractivity contribution in [1.29, 1.82) is 0 Å². The van der Waals surface area contributed by atoms with Crippen LogP contribution in [0.15, 0.2) is 243 Å². The van der Waals surface area contributed by atoms with Gasteiger partial charge in [-0.3, -0.25) is 4.57 Å². The van der Waals surface area contributed by atoms with E-state index in [1.54, 1.807) is 0 Å². The molecule has 0 unspecified atom stereocenters. The molecule has 0 aliphatic heterocycles. The van der Waals surface area contributed by atoms with Crippen LogP contribution in [0.5, 0.6) is 0 Å². The molecular formula is C63H40N6. The lowest BCUT2D eigenvalue weighted by molar-refractivity contribution is 0.953. The molecular weight excluding hydrogens is 841 g/mol. The van der Waals surface area contributed by atoms with Crippen LogP contribution >= 0.6 is 0 Å². The summed E-state index contributed by atoms with van der Waals surface area (Å²) in [6.07, 6.45) is 0. The molecule has 0 radical (unpaired) electrons. The van der Waals surface area contributed by atoms with E-state index >= 15 is 0 Å². The molecule has 14 aromatic rings. The van der Waals surface area contributed by atoms with E-state index in [0.717, 1.165) is 94.0 Å². The predicted molar refractivity (Wildman–Crippen MR) is 285 cm³/mol. The lowest BCUT2D eigenvalue weighted by Crippen LogP contribution is -2.07. The summed E-state index contributed by atoms with van der Waals surface area (Å²) < 4.78 is 7.15. The van der Waals surface area contributed by atoms with Crippen molar-refractivity contribution in [2.45, 2.75) is 0 Å². The fourth-order valence-corrected chi connectivity index (χ4v) is 10.6. The molecule has 4 heterocycles. The third-order valence-corrected chi connectivity index (χ3v) is 13.7. The highest BCUT2D eigenvalue weighted by molar-refractivity contribution is 6.24. The van der Waals surface area contributed by atoms with E-state index in [-0.39, 0.29) is 0 Å². The Morgan fingerprint density at radius 2 is 0.739 bits per heavy atom. The van der Waals surface area contributed by atoms with E-state index in [1.807, 2.05) is 24.3 Å². The summed E-state index contributed by atoms with van der Waals surface area (Å²) in [6, 6.07) is 86.3. The fraction of sp³-hybridized carbons (Fsp3) is 0. The number of fused-ring (bicyclic) bond motifs is 10. The second-order valence-electron chi connectivity index (χ2n) is 17.6. The summed E-state index contributed by atoms with van der Waals surface area (Å²) in [7, 11) is 0. The minimum atomic E-state index is 0.536. The number of para-hydroxylation sites is 4. The van der Waals surface area contributed by atoms with Gasteiger partial charge in [0.15, 0.2) is 11.6 Å². The summed E-state index contributed by atoms with van der Waals surface area (Å²) in [5.74, 6) is 1.73. The Bertz CT molecular complexity index is 4240. The molecule has 0 saturated carbocycles. The summed E-state index contributed by atoms with van der Waals surface area (Å²) >= 11 is 0. The Morgan fingerprint density at radius 1 is 0.261 bits per heavy atom. The van der Waals surface area contributed by atoms with Gasteiger partial charge in [0, 0.05) is 54.7 Å². The molecule has 0 atom stereocenters. The van der Waals surface area contributed by atoms with Gasteiger partial charge in [0.25, 0.3) is 0 Å². The van der Waals surface area contributed by atoms with Crippen molar-refractivity contribution in [1.82, 2.24) is 28.7 Å². The first kappa shape index (κ1) is 38.8. The van der Waals surface area contributed by atoms with Gasteiger partial charge in [-0.15, -0.1) is 0 Å². The standard InChI is InChI=1S/C63H40N6/c1-4-19-41(20-5-1)44-25-18-26-45(39-44)62-64-61(43-23-8-3-9-24-43)65-63(66-62)69-58-38-35-46(67-55-32-15-11-28-48(55)49-29-12-16-33-56(49)67)40-53(58)52-37-36-51-50-30-13-17-34-57(50)68(59(51)60(52)69)54-31-14-10-27-47(54)42-21-6-2-7-22-42/h1-40H. The van der Waals surface area contributed by atoms with Gasteiger partial charge in [0.1, 0.15) is 0 Å². The molecule has 322 valence electrons. The van der Waals surface area contributed by atoms with Gasteiger partial charge in [0.05, 0.1) is 38.8 Å². The van der Waals surface area contributed by atoms with Crippen LogP contribution < -0.4 is 0 Å². The molecule has 6 nitrogen and oxygen atoms in total. The Hall–Kier alpha value is -9.39. The van der Waals surface area contributed by atoms with Crippen molar-refractivity contribution in [2.75, 3.05) is 0 Å². The lowest BCUT2D eigenvalue weighted by Gasteiger charge is -2.16. The summed E-state index contributed by atoms with van der Waals surface area (Å²) in [5, 5.41) is 6.94. The van der Waals surface area contributed by atoms with E-state index < -0.39 is 0 Å². The number of hydrogen-bond acceptors (Lipinski definition) is 3. The zero-order chi connectivity index (χ0) is 45.4. The maximum atomic E-state index is 5.52. The van der Waals surface area contributed by atoms with Gasteiger partial charge in [0.2, 0.25) is 5.95 Å². The third-order valence-electron chi connectivity index (χ3n) is 13.7. The van der Waals surface area contributed by atoms with Crippen molar-refractivity contribution >= 4 is 65.4 Å². The second kappa shape index (κ2) is 15.6. The van der Waals surface area contributed by atoms with E-state index in [9.17, 15) is 0 Å². The molecule has 0 aliphatic rings. The molecule has 0 aliphatic carbocycles. The average molecular weight is 881 g/mol. The van der Waals surface area contributed by atoms with E-state index in [4.69, 9.17) is 15.0 Å². The van der Waals surface area contributed by atoms with Crippen molar-refractivity contribution in [3.63, 3.8) is 0 Å². The quantitative estimate of drug-likeness (QED) is 0.160. The van der Waals surface area contributed by atoms with Gasteiger partial charge < -0.3 is 9.13 Å². The van der Waals surface area contributed by atoms with Gasteiger partial charge in [-0.2, -0.15) is 9.97 Å². The molecule has 4 aromatic heterocycles. The van der Waals surface area contributed by atoms with Crippen LogP contribution in [0.1, 0.15) is 0 Å². The van der Waals surface area contributed by atoms with Crippen LogP contribution in [0.2, 0.25) is 0 Å². The van der Waals surface area contributed by atoms with Crippen LogP contribution in [-0.4, -0.2) is 28.7 Å². The predicted octanol–water partition coefficient (Wildman–Crippen LogP) is 15.8. The van der Waals surface area contributed by atoms with Crippen LogP contribution in [0, 0.1) is 0 Å². The maximum Gasteiger partial charge on any atom is 0.238 e. The average Bonchev–Trinajstić information content (AvgIpc) is 4.07. The van der Waals surface area contributed by atoms with Crippen LogP contribution in [-0.2, 0) is 0 Å². The summed E-state index contributed by atoms with van der Waals surface area (Å²) in [5.41, 5.74) is 15.0. The molecule has 0 N–H and O–H groups in total. The zero-order valence-electron chi connectivity index (χ0n) is 37.3. The normalized spacial score (nSPS) is 11.8. The first-order chi connectivity index (χ1) is 34.2. The second-order valence-corrected chi connectivity index (χ2v) is 17.6. The topological polar surface area (TPSA) is 53.5 Å². The minimum absolute atomic E-state index is 0.536. The number of benzene rings is 10. The van der Waals surface area contributed by atoms with Crippen molar-refractivity contribution < 1.29 is 0 Å². The first-order valence-electron chi connectivity index (χ1n) is 23.4. The lowest BCUT2D eigenvalue weighted by atomic mass is 10.0. The summed E-state index contributed by atoms with van der Waals surface area (Å²) in [4.78, 5) is 16.2. The molecule has 0 fully saturated rings. The van der Waals surface area contributed by atoms with Crippen molar-refractivity contribution in [3.05, 3.63) is 243 Å². The highest BCUT2D eigenvalue weighted by atomic mass is 15.2. The molecule has 0 saturated heterocycles. The van der Waals surface area contributed by atoms with E-state index in [2.05, 4.69) is 232 Å². The molecule has 69 heavy (non-hydrogen) atoms. The highest BCUT2D eigenvalue weighted by Gasteiger charge is 2.25. The molecule has 0 spiro atoms.